The molecule has 1 N–H and O–H groups in total. The highest BCUT2D eigenvalue weighted by atomic mass is 16.6. The number of imidazole rings is 1. The molecule has 8 heteroatoms. The number of carbonyl (C=O) groups excluding carboxylic acids is 1. The Hall–Kier alpha value is -3.68. The molecule has 0 bridgehead atoms. The zero-order valence-corrected chi connectivity index (χ0v) is 19.7. The Morgan fingerprint density at radius 3 is 2.47 bits per heavy atom. The van der Waals surface area contributed by atoms with E-state index in [2.05, 4.69) is 45.2 Å². The number of aromatic amines is 1. The third-order valence-electron chi connectivity index (χ3n) is 6.72. The Bertz CT molecular complexity index is 1380. The number of nitrogens with zero attached hydrogens (tertiary/aromatic N) is 5. The minimum absolute atomic E-state index is 0.221. The van der Waals surface area contributed by atoms with Crippen molar-refractivity contribution < 1.29 is 9.53 Å². The molecule has 0 spiro atoms. The SMILES string of the molecule is CC(C)(C)OC(=O)N1CC2CN(c3nc(-c4ccc5ccccc5c4)c4[nH]cnc4n3)CC2C1. The average Bonchev–Trinajstić information content (AvgIpc) is 3.51. The van der Waals surface area contributed by atoms with Gasteiger partial charge in [0.15, 0.2) is 5.65 Å². The fraction of sp³-hybridized carbons (Fsp3) is 0.385. The van der Waals surface area contributed by atoms with Crippen LogP contribution in [0.3, 0.4) is 0 Å². The van der Waals surface area contributed by atoms with Gasteiger partial charge in [0.1, 0.15) is 16.8 Å². The van der Waals surface area contributed by atoms with E-state index in [-0.39, 0.29) is 6.09 Å². The molecule has 2 aromatic heterocycles. The molecule has 8 nitrogen and oxygen atoms in total. The van der Waals surface area contributed by atoms with E-state index in [1.807, 2.05) is 37.8 Å². The molecule has 2 atom stereocenters. The van der Waals surface area contributed by atoms with Gasteiger partial charge >= 0.3 is 6.09 Å². The average molecular weight is 457 g/mol. The van der Waals surface area contributed by atoms with Gasteiger partial charge in [-0.1, -0.05) is 36.4 Å². The Kier molecular flexibility index (Phi) is 4.72. The molecular weight excluding hydrogens is 428 g/mol. The van der Waals surface area contributed by atoms with Gasteiger partial charge in [-0.3, -0.25) is 0 Å². The Morgan fingerprint density at radius 1 is 1.00 bits per heavy atom. The standard InChI is InChI=1S/C26H28N6O2/c1-26(2,3)34-25(33)32-13-19-11-31(12-20(19)14-32)24-29-21(22-23(30-24)28-15-27-22)18-9-8-16-6-4-5-7-17(16)10-18/h4-10,15,19-20H,11-14H2,1-3H3,(H,27,28,29,30). The lowest BCUT2D eigenvalue weighted by molar-refractivity contribution is 0.0282. The topological polar surface area (TPSA) is 87.2 Å². The van der Waals surface area contributed by atoms with Gasteiger partial charge in [0.25, 0.3) is 0 Å². The monoisotopic (exact) mass is 456 g/mol. The Labute approximate surface area is 198 Å². The summed E-state index contributed by atoms with van der Waals surface area (Å²) >= 11 is 0. The molecule has 4 aromatic rings. The summed E-state index contributed by atoms with van der Waals surface area (Å²) in [5.74, 6) is 1.46. The van der Waals surface area contributed by atoms with Crippen molar-refractivity contribution in [1.29, 1.82) is 0 Å². The molecule has 0 saturated carbocycles. The quantitative estimate of drug-likeness (QED) is 0.479. The first-order valence-corrected chi connectivity index (χ1v) is 11.8. The summed E-state index contributed by atoms with van der Waals surface area (Å²) < 4.78 is 5.57. The van der Waals surface area contributed by atoms with Gasteiger partial charge in [-0.25, -0.2) is 14.8 Å². The van der Waals surface area contributed by atoms with Crippen molar-refractivity contribution in [3.8, 4) is 11.3 Å². The van der Waals surface area contributed by atoms with Crippen molar-refractivity contribution in [2.45, 2.75) is 26.4 Å². The molecule has 4 heterocycles. The molecule has 0 aliphatic carbocycles. The normalized spacial score (nSPS) is 20.3. The number of hydrogen-bond acceptors (Lipinski definition) is 6. The van der Waals surface area contributed by atoms with Gasteiger partial charge in [0, 0.05) is 43.6 Å². The van der Waals surface area contributed by atoms with Crippen LogP contribution in [0, 0.1) is 11.8 Å². The van der Waals surface area contributed by atoms with Crippen molar-refractivity contribution >= 4 is 34.0 Å². The minimum Gasteiger partial charge on any atom is -0.444 e. The number of hydrogen-bond donors (Lipinski definition) is 1. The maximum atomic E-state index is 12.5. The van der Waals surface area contributed by atoms with Crippen LogP contribution in [-0.2, 0) is 4.74 Å². The highest BCUT2D eigenvalue weighted by molar-refractivity contribution is 5.93. The smallest absolute Gasteiger partial charge is 0.410 e. The lowest BCUT2D eigenvalue weighted by Crippen LogP contribution is -2.37. The van der Waals surface area contributed by atoms with Crippen molar-refractivity contribution in [2.24, 2.45) is 11.8 Å². The van der Waals surface area contributed by atoms with E-state index < -0.39 is 5.60 Å². The molecule has 1 amide bonds. The summed E-state index contributed by atoms with van der Waals surface area (Å²) in [6.45, 7) is 8.75. The first-order valence-electron chi connectivity index (χ1n) is 11.8. The Balaban J connectivity index is 1.27. The van der Waals surface area contributed by atoms with Gasteiger partial charge in [-0.2, -0.15) is 4.98 Å². The fourth-order valence-electron chi connectivity index (χ4n) is 5.14. The van der Waals surface area contributed by atoms with Crippen LogP contribution < -0.4 is 4.90 Å². The number of aromatic nitrogens is 4. The van der Waals surface area contributed by atoms with Gasteiger partial charge in [0.05, 0.1) is 6.33 Å². The summed E-state index contributed by atoms with van der Waals surface area (Å²) in [7, 11) is 0. The number of benzene rings is 2. The van der Waals surface area contributed by atoms with Gasteiger partial charge < -0.3 is 19.5 Å². The Morgan fingerprint density at radius 2 is 1.74 bits per heavy atom. The van der Waals surface area contributed by atoms with E-state index in [1.165, 1.54) is 10.8 Å². The zero-order chi connectivity index (χ0) is 23.4. The van der Waals surface area contributed by atoms with Crippen LogP contribution in [0.5, 0.6) is 0 Å². The van der Waals surface area contributed by atoms with E-state index in [0.717, 1.165) is 29.9 Å². The van der Waals surface area contributed by atoms with Crippen molar-refractivity contribution in [1.82, 2.24) is 24.8 Å². The highest BCUT2D eigenvalue weighted by Crippen LogP contribution is 2.35. The van der Waals surface area contributed by atoms with Gasteiger partial charge in [-0.15, -0.1) is 0 Å². The summed E-state index contributed by atoms with van der Waals surface area (Å²) in [4.78, 5) is 34.0. The maximum Gasteiger partial charge on any atom is 0.410 e. The minimum atomic E-state index is -0.479. The predicted octanol–water partition coefficient (Wildman–Crippen LogP) is 4.48. The summed E-state index contributed by atoms with van der Waals surface area (Å²) in [5.41, 5.74) is 2.92. The number of ether oxygens (including phenoxy) is 1. The summed E-state index contributed by atoms with van der Waals surface area (Å²) in [6.07, 6.45) is 1.45. The lowest BCUT2D eigenvalue weighted by Gasteiger charge is -2.26. The summed E-state index contributed by atoms with van der Waals surface area (Å²) in [5, 5.41) is 2.37. The number of likely N-dealkylation sites (tertiary alicyclic amines) is 1. The molecule has 2 unspecified atom stereocenters. The highest BCUT2D eigenvalue weighted by Gasteiger charge is 2.43. The van der Waals surface area contributed by atoms with E-state index in [1.54, 1.807) is 6.33 Å². The zero-order valence-electron chi connectivity index (χ0n) is 19.7. The molecule has 34 heavy (non-hydrogen) atoms. The molecule has 174 valence electrons. The van der Waals surface area contributed by atoms with Crippen molar-refractivity contribution in [3.63, 3.8) is 0 Å². The van der Waals surface area contributed by atoms with Crippen LogP contribution in [0.15, 0.2) is 48.8 Å². The molecule has 2 aromatic carbocycles. The third-order valence-corrected chi connectivity index (χ3v) is 6.72. The molecule has 2 aliphatic heterocycles. The van der Waals surface area contributed by atoms with E-state index in [4.69, 9.17) is 14.7 Å². The van der Waals surface area contributed by atoms with Gasteiger partial charge in [0.2, 0.25) is 5.95 Å². The van der Waals surface area contributed by atoms with E-state index >= 15 is 0 Å². The number of amides is 1. The van der Waals surface area contributed by atoms with E-state index in [9.17, 15) is 4.79 Å². The maximum absolute atomic E-state index is 12.5. The van der Waals surface area contributed by atoms with Crippen molar-refractivity contribution in [2.75, 3.05) is 31.1 Å². The number of fused-ring (bicyclic) bond motifs is 3. The van der Waals surface area contributed by atoms with E-state index in [0.29, 0.717) is 36.5 Å². The van der Waals surface area contributed by atoms with Gasteiger partial charge in [-0.05, 0) is 37.6 Å². The number of nitrogens with one attached hydrogen (secondary N) is 1. The van der Waals surface area contributed by atoms with Crippen molar-refractivity contribution in [3.05, 3.63) is 48.8 Å². The number of anilines is 1. The van der Waals surface area contributed by atoms with Crippen LogP contribution in [0.2, 0.25) is 0 Å². The first kappa shape index (κ1) is 20.9. The molecule has 2 aliphatic rings. The second-order valence-electron chi connectivity index (χ2n) is 10.3. The molecule has 0 radical (unpaired) electrons. The second-order valence-corrected chi connectivity index (χ2v) is 10.3. The number of H-pyrrole nitrogens is 1. The van der Waals surface area contributed by atoms with Crippen LogP contribution in [0.25, 0.3) is 33.2 Å². The molecular formula is C26H28N6O2. The molecule has 2 fully saturated rings. The first-order chi connectivity index (χ1) is 16.3. The fourth-order valence-corrected chi connectivity index (χ4v) is 5.14. The van der Waals surface area contributed by atoms with Crippen LogP contribution in [-0.4, -0.2) is 62.7 Å². The molecule has 2 saturated heterocycles. The number of rotatable bonds is 2. The predicted molar refractivity (Wildman–Crippen MR) is 132 cm³/mol. The number of carbonyl (C=O) groups is 1. The summed E-state index contributed by atoms with van der Waals surface area (Å²) in [6, 6.07) is 14.7. The van der Waals surface area contributed by atoms with Crippen LogP contribution in [0.4, 0.5) is 10.7 Å². The molecule has 6 rings (SSSR count). The lowest BCUT2D eigenvalue weighted by atomic mass is 10.0. The van der Waals surface area contributed by atoms with Crippen LogP contribution in [0.1, 0.15) is 20.8 Å². The third kappa shape index (κ3) is 3.73. The second kappa shape index (κ2) is 7.68. The largest absolute Gasteiger partial charge is 0.444 e. The van der Waals surface area contributed by atoms with Crippen LogP contribution >= 0.6 is 0 Å².